The van der Waals surface area contributed by atoms with E-state index in [4.69, 9.17) is 27.9 Å². The summed E-state index contributed by atoms with van der Waals surface area (Å²) in [6.45, 7) is 0.571. The summed E-state index contributed by atoms with van der Waals surface area (Å²) >= 11 is 15.5. The maximum atomic E-state index is 6.16. The Balaban J connectivity index is 2.62. The highest BCUT2D eigenvalue weighted by molar-refractivity contribution is 9.10. The molecule has 1 aromatic rings. The SMILES string of the molecule is CNC1COc2c(Cl)cc(Br)c(Cl)c21. The normalized spacial score (nSPS) is 19.3. The van der Waals surface area contributed by atoms with E-state index in [2.05, 4.69) is 21.2 Å². The van der Waals surface area contributed by atoms with Crippen LogP contribution < -0.4 is 10.1 Å². The van der Waals surface area contributed by atoms with Crippen LogP contribution in [0.1, 0.15) is 11.6 Å². The van der Waals surface area contributed by atoms with Gasteiger partial charge in [0, 0.05) is 10.0 Å². The Labute approximate surface area is 101 Å². The van der Waals surface area contributed by atoms with Gasteiger partial charge in [0.15, 0.2) is 0 Å². The molecule has 1 atom stereocenters. The molecule has 14 heavy (non-hydrogen) atoms. The summed E-state index contributed by atoms with van der Waals surface area (Å²) in [5.74, 6) is 0.694. The summed E-state index contributed by atoms with van der Waals surface area (Å²) in [5.41, 5.74) is 0.938. The lowest BCUT2D eigenvalue weighted by atomic mass is 10.1. The Morgan fingerprint density at radius 2 is 2.29 bits per heavy atom. The van der Waals surface area contributed by atoms with Crippen LogP contribution in [0.5, 0.6) is 5.75 Å². The van der Waals surface area contributed by atoms with Crippen molar-refractivity contribution in [1.82, 2.24) is 5.32 Å². The molecule has 2 rings (SSSR count). The predicted molar refractivity (Wildman–Crippen MR) is 61.5 cm³/mol. The molecule has 0 saturated heterocycles. The van der Waals surface area contributed by atoms with Crippen molar-refractivity contribution in [2.45, 2.75) is 6.04 Å². The van der Waals surface area contributed by atoms with Gasteiger partial charge in [-0.25, -0.2) is 0 Å². The molecule has 0 aliphatic carbocycles. The summed E-state index contributed by atoms with van der Waals surface area (Å²) in [6, 6.07) is 1.87. The summed E-state index contributed by atoms with van der Waals surface area (Å²) in [4.78, 5) is 0. The zero-order valence-electron chi connectivity index (χ0n) is 7.40. The summed E-state index contributed by atoms with van der Waals surface area (Å²) in [6.07, 6.45) is 0. The second-order valence-corrected chi connectivity index (χ2v) is 4.69. The minimum absolute atomic E-state index is 0.118. The van der Waals surface area contributed by atoms with Crippen molar-refractivity contribution in [3.63, 3.8) is 0 Å². The fourth-order valence-electron chi connectivity index (χ4n) is 1.53. The minimum atomic E-state index is 0.118. The Morgan fingerprint density at radius 1 is 1.57 bits per heavy atom. The fourth-order valence-corrected chi connectivity index (χ4v) is 2.64. The van der Waals surface area contributed by atoms with E-state index in [0.717, 1.165) is 10.0 Å². The van der Waals surface area contributed by atoms with Crippen LogP contribution in [0, 0.1) is 0 Å². The molecule has 0 saturated carbocycles. The van der Waals surface area contributed by atoms with Crippen LogP contribution in [0.2, 0.25) is 10.0 Å². The first-order valence-corrected chi connectivity index (χ1v) is 5.67. The van der Waals surface area contributed by atoms with Gasteiger partial charge in [-0.15, -0.1) is 0 Å². The first-order chi connectivity index (χ1) is 6.65. The van der Waals surface area contributed by atoms with Crippen LogP contribution in [0.25, 0.3) is 0 Å². The molecule has 1 aliphatic heterocycles. The highest BCUT2D eigenvalue weighted by Crippen LogP contribution is 2.45. The van der Waals surface area contributed by atoms with Crippen molar-refractivity contribution in [3.05, 3.63) is 26.1 Å². The first-order valence-electron chi connectivity index (χ1n) is 4.12. The van der Waals surface area contributed by atoms with E-state index >= 15 is 0 Å². The molecule has 0 radical (unpaired) electrons. The topological polar surface area (TPSA) is 21.3 Å². The monoisotopic (exact) mass is 295 g/mol. The number of fused-ring (bicyclic) bond motifs is 1. The van der Waals surface area contributed by atoms with E-state index in [1.807, 2.05) is 7.05 Å². The summed E-state index contributed by atoms with van der Waals surface area (Å²) < 4.78 is 6.27. The molecule has 0 bridgehead atoms. The molecule has 1 N–H and O–H groups in total. The van der Waals surface area contributed by atoms with Gasteiger partial charge in [-0.1, -0.05) is 23.2 Å². The van der Waals surface area contributed by atoms with Crippen LogP contribution in [0.15, 0.2) is 10.5 Å². The van der Waals surface area contributed by atoms with Crippen LogP contribution in [0.3, 0.4) is 0 Å². The van der Waals surface area contributed by atoms with E-state index in [-0.39, 0.29) is 6.04 Å². The highest BCUT2D eigenvalue weighted by Gasteiger charge is 2.29. The second-order valence-electron chi connectivity index (χ2n) is 3.05. The number of nitrogens with one attached hydrogen (secondary N) is 1. The zero-order valence-corrected chi connectivity index (χ0v) is 10.5. The van der Waals surface area contributed by atoms with Crippen LogP contribution in [0.4, 0.5) is 0 Å². The van der Waals surface area contributed by atoms with Gasteiger partial charge < -0.3 is 10.1 Å². The van der Waals surface area contributed by atoms with Crippen molar-refractivity contribution in [1.29, 1.82) is 0 Å². The fraction of sp³-hybridized carbons (Fsp3) is 0.333. The molecule has 0 amide bonds. The number of likely N-dealkylation sites (N-methyl/N-ethyl adjacent to an activating group) is 1. The maximum absolute atomic E-state index is 6.16. The highest BCUT2D eigenvalue weighted by atomic mass is 79.9. The number of benzene rings is 1. The summed E-state index contributed by atoms with van der Waals surface area (Å²) in [5, 5.41) is 4.39. The molecule has 1 aromatic carbocycles. The standard InChI is InChI=1S/C9H8BrCl2NO/c1-13-6-3-14-9-5(11)2-4(10)8(12)7(6)9/h2,6,13H,3H2,1H3. The first kappa shape index (κ1) is 10.6. The van der Waals surface area contributed by atoms with Crippen molar-refractivity contribution in [2.24, 2.45) is 0 Å². The van der Waals surface area contributed by atoms with Gasteiger partial charge >= 0.3 is 0 Å². The van der Waals surface area contributed by atoms with Crippen molar-refractivity contribution >= 4 is 39.1 Å². The quantitative estimate of drug-likeness (QED) is 0.802. The van der Waals surface area contributed by atoms with Crippen LogP contribution >= 0.6 is 39.1 Å². The lowest BCUT2D eigenvalue weighted by Crippen LogP contribution is -2.17. The van der Waals surface area contributed by atoms with Gasteiger partial charge in [0.05, 0.1) is 16.1 Å². The second kappa shape index (κ2) is 3.89. The van der Waals surface area contributed by atoms with E-state index in [1.165, 1.54) is 0 Å². The van der Waals surface area contributed by atoms with Gasteiger partial charge in [-0.05, 0) is 29.0 Å². The van der Waals surface area contributed by atoms with E-state index in [0.29, 0.717) is 22.4 Å². The third-order valence-electron chi connectivity index (χ3n) is 2.25. The average Bonchev–Trinajstić information content (AvgIpc) is 2.58. The van der Waals surface area contributed by atoms with Gasteiger partial charge in [0.25, 0.3) is 0 Å². The third-order valence-corrected chi connectivity index (χ3v) is 3.79. The molecular weight excluding hydrogens is 289 g/mol. The number of hydrogen-bond donors (Lipinski definition) is 1. The Bertz CT molecular complexity index is 384. The zero-order chi connectivity index (χ0) is 10.3. The molecule has 1 heterocycles. The minimum Gasteiger partial charge on any atom is -0.490 e. The smallest absolute Gasteiger partial charge is 0.144 e. The largest absolute Gasteiger partial charge is 0.490 e. The summed E-state index contributed by atoms with van der Waals surface area (Å²) in [7, 11) is 1.87. The molecule has 1 aliphatic rings. The number of rotatable bonds is 1. The van der Waals surface area contributed by atoms with E-state index in [1.54, 1.807) is 6.07 Å². The van der Waals surface area contributed by atoms with Gasteiger partial charge in [0.1, 0.15) is 12.4 Å². The molecule has 0 fully saturated rings. The number of halogens is 3. The van der Waals surface area contributed by atoms with Gasteiger partial charge in [0.2, 0.25) is 0 Å². The Morgan fingerprint density at radius 3 is 2.93 bits per heavy atom. The van der Waals surface area contributed by atoms with Crippen molar-refractivity contribution in [3.8, 4) is 5.75 Å². The lowest BCUT2D eigenvalue weighted by Gasteiger charge is -2.10. The van der Waals surface area contributed by atoms with Crippen LogP contribution in [-0.4, -0.2) is 13.7 Å². The predicted octanol–water partition coefficient (Wildman–Crippen LogP) is 3.41. The molecule has 0 aromatic heterocycles. The maximum Gasteiger partial charge on any atom is 0.144 e. The average molecular weight is 297 g/mol. The van der Waals surface area contributed by atoms with Crippen LogP contribution in [-0.2, 0) is 0 Å². The Kier molecular flexibility index (Phi) is 2.93. The van der Waals surface area contributed by atoms with Crippen molar-refractivity contribution < 1.29 is 4.74 Å². The third kappa shape index (κ3) is 1.52. The van der Waals surface area contributed by atoms with E-state index in [9.17, 15) is 0 Å². The lowest BCUT2D eigenvalue weighted by molar-refractivity contribution is 0.318. The number of hydrogen-bond acceptors (Lipinski definition) is 2. The molecule has 5 heteroatoms. The molecule has 2 nitrogen and oxygen atoms in total. The number of ether oxygens (including phenoxy) is 1. The Hall–Kier alpha value is 0.0400. The molecule has 1 unspecified atom stereocenters. The molecular formula is C9H8BrCl2NO. The molecule has 0 spiro atoms. The van der Waals surface area contributed by atoms with Gasteiger partial charge in [-0.2, -0.15) is 0 Å². The van der Waals surface area contributed by atoms with Gasteiger partial charge in [-0.3, -0.25) is 0 Å². The molecule has 76 valence electrons. The van der Waals surface area contributed by atoms with E-state index < -0.39 is 0 Å². The van der Waals surface area contributed by atoms with Crippen molar-refractivity contribution in [2.75, 3.05) is 13.7 Å².